The summed E-state index contributed by atoms with van der Waals surface area (Å²) < 4.78 is 5.42. The number of carbonyl (C=O) groups is 1. The molecule has 2 heterocycles. The molecular formula is C25H33N5O2. The summed E-state index contributed by atoms with van der Waals surface area (Å²) in [5, 5.41) is 11.4. The molecule has 1 amide bonds. The van der Waals surface area contributed by atoms with Gasteiger partial charge in [0, 0.05) is 18.8 Å². The Morgan fingerprint density at radius 2 is 1.53 bits per heavy atom. The van der Waals surface area contributed by atoms with Crippen LogP contribution in [0.1, 0.15) is 19.3 Å². The number of benzene rings is 2. The number of amides is 1. The van der Waals surface area contributed by atoms with Crippen molar-refractivity contribution in [2.24, 2.45) is 16.1 Å². The molecule has 0 aromatic heterocycles. The zero-order valence-corrected chi connectivity index (χ0v) is 18.7. The Kier molecular flexibility index (Phi) is 8.36. The zero-order chi connectivity index (χ0) is 22.0. The maximum Gasteiger partial charge on any atom is 0.238 e. The van der Waals surface area contributed by atoms with E-state index in [-0.39, 0.29) is 5.91 Å². The first kappa shape index (κ1) is 22.6. The molecule has 2 aromatic rings. The van der Waals surface area contributed by atoms with Crippen LogP contribution < -0.4 is 5.32 Å². The van der Waals surface area contributed by atoms with Gasteiger partial charge in [-0.15, -0.1) is 0 Å². The van der Waals surface area contributed by atoms with E-state index in [0.717, 1.165) is 62.4 Å². The second-order valence-electron chi connectivity index (χ2n) is 8.59. The number of likely N-dealkylation sites (tertiary alicyclic amines) is 1. The monoisotopic (exact) mass is 435 g/mol. The summed E-state index contributed by atoms with van der Waals surface area (Å²) in [6.45, 7) is 7.50. The lowest BCUT2D eigenvalue weighted by Crippen LogP contribution is -2.41. The van der Waals surface area contributed by atoms with E-state index in [1.54, 1.807) is 0 Å². The molecule has 0 atom stereocenters. The summed E-state index contributed by atoms with van der Waals surface area (Å²) in [7, 11) is 0. The molecule has 2 aliphatic heterocycles. The lowest BCUT2D eigenvalue weighted by Gasteiger charge is -2.33. The van der Waals surface area contributed by atoms with Crippen LogP contribution in [-0.2, 0) is 9.53 Å². The third-order valence-corrected chi connectivity index (χ3v) is 6.22. The number of hydrogen-bond acceptors (Lipinski definition) is 6. The van der Waals surface area contributed by atoms with E-state index >= 15 is 0 Å². The van der Waals surface area contributed by atoms with Crippen molar-refractivity contribution < 1.29 is 9.53 Å². The van der Waals surface area contributed by atoms with Crippen molar-refractivity contribution in [2.75, 3.05) is 57.8 Å². The maximum absolute atomic E-state index is 12.5. The summed E-state index contributed by atoms with van der Waals surface area (Å²) in [5.74, 6) is 0.810. The summed E-state index contributed by atoms with van der Waals surface area (Å²) in [6.07, 6.45) is 3.62. The molecule has 0 radical (unpaired) electrons. The Bertz CT molecular complexity index is 858. The maximum atomic E-state index is 12.5. The minimum Gasteiger partial charge on any atom is -0.379 e. The van der Waals surface area contributed by atoms with Crippen LogP contribution in [0.25, 0.3) is 0 Å². The summed E-state index contributed by atoms with van der Waals surface area (Å²) in [5.41, 5.74) is 2.36. The van der Waals surface area contributed by atoms with Crippen molar-refractivity contribution in [3.8, 4) is 0 Å². The van der Waals surface area contributed by atoms with Gasteiger partial charge in [0.1, 0.15) is 0 Å². The number of nitrogens with one attached hydrogen (secondary N) is 1. The molecule has 2 saturated heterocycles. The van der Waals surface area contributed by atoms with Gasteiger partial charge in [-0.2, -0.15) is 10.2 Å². The molecule has 2 aromatic carbocycles. The number of rotatable bonds is 8. The van der Waals surface area contributed by atoms with Crippen LogP contribution in [0.15, 0.2) is 64.8 Å². The van der Waals surface area contributed by atoms with Crippen LogP contribution in [-0.4, -0.2) is 68.2 Å². The molecule has 32 heavy (non-hydrogen) atoms. The second-order valence-corrected chi connectivity index (χ2v) is 8.59. The predicted molar refractivity (Wildman–Crippen MR) is 127 cm³/mol. The van der Waals surface area contributed by atoms with Crippen molar-refractivity contribution in [2.45, 2.75) is 19.3 Å². The van der Waals surface area contributed by atoms with Crippen LogP contribution in [0.5, 0.6) is 0 Å². The second kappa shape index (κ2) is 11.9. The lowest BCUT2D eigenvalue weighted by molar-refractivity contribution is -0.117. The van der Waals surface area contributed by atoms with Crippen molar-refractivity contribution in [3.63, 3.8) is 0 Å². The fourth-order valence-corrected chi connectivity index (χ4v) is 4.25. The normalized spacial score (nSPS) is 18.8. The smallest absolute Gasteiger partial charge is 0.238 e. The Labute approximate surface area is 190 Å². The molecule has 2 aliphatic rings. The molecule has 4 rings (SSSR count). The highest BCUT2D eigenvalue weighted by Gasteiger charge is 2.22. The number of hydrogen-bond donors (Lipinski definition) is 1. The van der Waals surface area contributed by atoms with Crippen LogP contribution in [0.2, 0.25) is 0 Å². The molecule has 0 bridgehead atoms. The first-order valence-corrected chi connectivity index (χ1v) is 11.6. The van der Waals surface area contributed by atoms with Gasteiger partial charge in [0.25, 0.3) is 0 Å². The molecule has 0 saturated carbocycles. The largest absolute Gasteiger partial charge is 0.379 e. The molecular weight excluding hydrogens is 402 g/mol. The van der Waals surface area contributed by atoms with Gasteiger partial charge in [-0.3, -0.25) is 14.6 Å². The lowest BCUT2D eigenvalue weighted by atomic mass is 9.93. The number of anilines is 1. The van der Waals surface area contributed by atoms with Gasteiger partial charge >= 0.3 is 0 Å². The number of nitrogens with zero attached hydrogens (tertiary/aromatic N) is 4. The molecule has 1 N–H and O–H groups in total. The third-order valence-electron chi connectivity index (χ3n) is 6.22. The Hall–Kier alpha value is -2.61. The molecule has 7 heteroatoms. The number of piperidine rings is 1. The highest BCUT2D eigenvalue weighted by Crippen LogP contribution is 2.22. The molecule has 170 valence electrons. The van der Waals surface area contributed by atoms with Gasteiger partial charge in [-0.25, -0.2) is 0 Å². The third kappa shape index (κ3) is 7.22. The number of ether oxygens (including phenoxy) is 1. The first-order chi connectivity index (χ1) is 15.7. The fraction of sp³-hybridized carbons (Fsp3) is 0.480. The van der Waals surface area contributed by atoms with E-state index in [2.05, 4.69) is 25.3 Å². The van der Waals surface area contributed by atoms with Gasteiger partial charge in [0.15, 0.2) is 0 Å². The molecule has 0 spiro atoms. The van der Waals surface area contributed by atoms with Gasteiger partial charge in [-0.05, 0) is 81.2 Å². The van der Waals surface area contributed by atoms with Gasteiger partial charge < -0.3 is 10.1 Å². The SMILES string of the molecule is O=C(CN1CCC(CCN2CCOCC2)CC1)Nc1ccc(N=Nc2ccccc2)cc1. The number of azo groups is 1. The highest BCUT2D eigenvalue weighted by atomic mass is 16.5. The van der Waals surface area contributed by atoms with Crippen molar-refractivity contribution in [3.05, 3.63) is 54.6 Å². The fourth-order valence-electron chi connectivity index (χ4n) is 4.25. The van der Waals surface area contributed by atoms with Crippen LogP contribution in [0, 0.1) is 5.92 Å². The van der Waals surface area contributed by atoms with E-state index in [1.165, 1.54) is 25.8 Å². The zero-order valence-electron chi connectivity index (χ0n) is 18.7. The van der Waals surface area contributed by atoms with Crippen molar-refractivity contribution in [1.82, 2.24) is 9.80 Å². The van der Waals surface area contributed by atoms with Crippen LogP contribution in [0.3, 0.4) is 0 Å². The number of morpholine rings is 1. The minimum absolute atomic E-state index is 0.0374. The van der Waals surface area contributed by atoms with E-state index in [4.69, 9.17) is 4.74 Å². The van der Waals surface area contributed by atoms with Crippen molar-refractivity contribution >= 4 is 23.0 Å². The van der Waals surface area contributed by atoms with Crippen LogP contribution in [0.4, 0.5) is 17.1 Å². The van der Waals surface area contributed by atoms with E-state index < -0.39 is 0 Å². The summed E-state index contributed by atoms with van der Waals surface area (Å²) in [4.78, 5) is 17.3. The predicted octanol–water partition coefficient (Wildman–Crippen LogP) is 4.47. The van der Waals surface area contributed by atoms with E-state index in [9.17, 15) is 4.79 Å². The average Bonchev–Trinajstić information content (AvgIpc) is 2.84. The minimum atomic E-state index is 0.0374. The molecule has 7 nitrogen and oxygen atoms in total. The standard InChI is InChI=1S/C25H33N5O2/c31-25(20-30-14-11-21(12-15-30)10-13-29-16-18-32-19-17-29)26-22-6-8-24(9-7-22)28-27-23-4-2-1-3-5-23/h1-9,21H,10-20H2,(H,26,31). The van der Waals surface area contributed by atoms with E-state index in [0.29, 0.717) is 6.54 Å². The summed E-state index contributed by atoms with van der Waals surface area (Å²) >= 11 is 0. The molecule has 2 fully saturated rings. The number of carbonyl (C=O) groups excluding carboxylic acids is 1. The first-order valence-electron chi connectivity index (χ1n) is 11.6. The van der Waals surface area contributed by atoms with E-state index in [1.807, 2.05) is 54.6 Å². The van der Waals surface area contributed by atoms with Crippen molar-refractivity contribution in [1.29, 1.82) is 0 Å². The Balaban J connectivity index is 1.15. The summed E-state index contributed by atoms with van der Waals surface area (Å²) in [6, 6.07) is 17.1. The Morgan fingerprint density at radius 1 is 0.875 bits per heavy atom. The van der Waals surface area contributed by atoms with Gasteiger partial charge in [-0.1, -0.05) is 18.2 Å². The Morgan fingerprint density at radius 3 is 2.22 bits per heavy atom. The molecule has 0 unspecified atom stereocenters. The van der Waals surface area contributed by atoms with Gasteiger partial charge in [0.05, 0.1) is 31.1 Å². The quantitative estimate of drug-likeness (QED) is 0.621. The molecule has 0 aliphatic carbocycles. The van der Waals surface area contributed by atoms with Crippen LogP contribution >= 0.6 is 0 Å². The average molecular weight is 436 g/mol. The topological polar surface area (TPSA) is 69.5 Å². The highest BCUT2D eigenvalue weighted by molar-refractivity contribution is 5.92. The van der Waals surface area contributed by atoms with Gasteiger partial charge in [0.2, 0.25) is 5.91 Å².